The van der Waals surface area contributed by atoms with Gasteiger partial charge in [0.1, 0.15) is 0 Å². The first kappa shape index (κ1) is 32.3. The Bertz CT molecular complexity index is 3530. The van der Waals surface area contributed by atoms with Gasteiger partial charge in [-0.2, -0.15) is 0 Å². The summed E-state index contributed by atoms with van der Waals surface area (Å²) in [6.45, 7) is 0. The Balaban J connectivity index is 1.02. The molecule has 0 aliphatic carbocycles. The van der Waals surface area contributed by atoms with Crippen LogP contribution in [0.25, 0.3) is 113 Å². The van der Waals surface area contributed by atoms with Gasteiger partial charge in [0.05, 0.1) is 11.0 Å². The van der Waals surface area contributed by atoms with E-state index in [1.807, 2.05) is 29.5 Å². The van der Waals surface area contributed by atoms with Crippen LogP contribution >= 0.6 is 22.7 Å². The Morgan fingerprint density at radius 2 is 0.895 bits per heavy atom. The monoisotopic (exact) mass is 762 g/mol. The number of thiophene rings is 2. The molecule has 0 unspecified atom stereocenters. The number of hydrogen-bond donors (Lipinski definition) is 0. The third kappa shape index (κ3) is 5.22. The van der Waals surface area contributed by atoms with Crippen LogP contribution in [0.15, 0.2) is 182 Å². The Kier molecular flexibility index (Phi) is 7.24. The fourth-order valence-corrected chi connectivity index (χ4v) is 10.6. The SMILES string of the molecule is c1ccc(-c2nc(-c3ccc4sc5ccc(-c6ccc7c8ccccc8n(-c8ccccc8)c7c6)cc5c4c3)nc(-c3cccc4sc5ccccc5c34)n2)cc1. The molecule has 12 aromatic rings. The summed E-state index contributed by atoms with van der Waals surface area (Å²) in [5.74, 6) is 1.99. The predicted octanol–water partition coefficient (Wildman–Crippen LogP) is 14.4. The molecule has 266 valence electrons. The van der Waals surface area contributed by atoms with E-state index in [9.17, 15) is 0 Å². The number of hydrogen-bond acceptors (Lipinski definition) is 5. The molecule has 6 heteroatoms. The third-order valence-electron chi connectivity index (χ3n) is 11.1. The molecule has 0 aliphatic rings. The molecule has 57 heavy (non-hydrogen) atoms. The van der Waals surface area contributed by atoms with Crippen molar-refractivity contribution < 1.29 is 0 Å². The average Bonchev–Trinajstić information content (AvgIpc) is 3.95. The molecule has 0 N–H and O–H groups in total. The van der Waals surface area contributed by atoms with Gasteiger partial charge in [-0.1, -0.05) is 115 Å². The lowest BCUT2D eigenvalue weighted by atomic mass is 10.0. The summed E-state index contributed by atoms with van der Waals surface area (Å²) in [5, 5.41) is 7.34. The highest BCUT2D eigenvalue weighted by Gasteiger charge is 2.19. The zero-order valence-corrected chi connectivity index (χ0v) is 32.1. The summed E-state index contributed by atoms with van der Waals surface area (Å²) in [7, 11) is 0. The molecule has 4 heterocycles. The minimum atomic E-state index is 0.659. The zero-order chi connectivity index (χ0) is 37.5. The maximum atomic E-state index is 5.24. The van der Waals surface area contributed by atoms with Crippen LogP contribution in [0, 0.1) is 0 Å². The van der Waals surface area contributed by atoms with E-state index in [1.54, 1.807) is 11.3 Å². The van der Waals surface area contributed by atoms with Gasteiger partial charge in [-0.05, 0) is 77.9 Å². The summed E-state index contributed by atoms with van der Waals surface area (Å²) in [4.78, 5) is 15.5. The molecule has 0 fully saturated rings. The highest BCUT2D eigenvalue weighted by molar-refractivity contribution is 7.26. The fraction of sp³-hybridized carbons (Fsp3) is 0. The Morgan fingerprint density at radius 1 is 0.333 bits per heavy atom. The van der Waals surface area contributed by atoms with Crippen molar-refractivity contribution in [2.45, 2.75) is 0 Å². The summed E-state index contributed by atoms with van der Waals surface area (Å²) in [5.41, 5.74) is 8.87. The molecule has 0 bridgehead atoms. The normalized spacial score (nSPS) is 11.9. The average molecular weight is 763 g/mol. The molecule has 0 saturated carbocycles. The molecular formula is C51H30N4S2. The molecule has 0 amide bonds. The van der Waals surface area contributed by atoms with Crippen LogP contribution in [-0.4, -0.2) is 19.5 Å². The van der Waals surface area contributed by atoms with Crippen molar-refractivity contribution in [1.82, 2.24) is 19.5 Å². The second-order valence-electron chi connectivity index (χ2n) is 14.4. The molecule has 0 spiro atoms. The van der Waals surface area contributed by atoms with E-state index in [-0.39, 0.29) is 0 Å². The summed E-state index contributed by atoms with van der Waals surface area (Å²) in [6.07, 6.45) is 0. The lowest BCUT2D eigenvalue weighted by Crippen LogP contribution is -2.00. The molecule has 4 aromatic heterocycles. The number of aromatic nitrogens is 4. The quantitative estimate of drug-likeness (QED) is 0.175. The van der Waals surface area contributed by atoms with Crippen molar-refractivity contribution >= 4 is 84.8 Å². The fourth-order valence-electron chi connectivity index (χ4n) is 8.40. The van der Waals surface area contributed by atoms with Crippen molar-refractivity contribution in [3.63, 3.8) is 0 Å². The molecule has 0 saturated heterocycles. The first-order valence-corrected chi connectivity index (χ1v) is 20.6. The van der Waals surface area contributed by atoms with E-state index < -0.39 is 0 Å². The van der Waals surface area contributed by atoms with Gasteiger partial charge in [0.25, 0.3) is 0 Å². The van der Waals surface area contributed by atoms with Gasteiger partial charge < -0.3 is 4.57 Å². The van der Waals surface area contributed by atoms with E-state index >= 15 is 0 Å². The highest BCUT2D eigenvalue weighted by atomic mass is 32.1. The summed E-state index contributed by atoms with van der Waals surface area (Å²) in [6, 6.07) is 65.0. The molecule has 4 nitrogen and oxygen atoms in total. The second-order valence-corrected chi connectivity index (χ2v) is 16.6. The Labute approximate surface area is 335 Å². The smallest absolute Gasteiger partial charge is 0.164 e. The molecule has 8 aromatic carbocycles. The van der Waals surface area contributed by atoms with E-state index in [4.69, 9.17) is 15.0 Å². The van der Waals surface area contributed by atoms with Crippen LogP contribution in [0.3, 0.4) is 0 Å². The van der Waals surface area contributed by atoms with Crippen LogP contribution in [0.5, 0.6) is 0 Å². The van der Waals surface area contributed by atoms with Crippen molar-refractivity contribution in [3.8, 4) is 51.0 Å². The van der Waals surface area contributed by atoms with Crippen molar-refractivity contribution in [3.05, 3.63) is 182 Å². The maximum Gasteiger partial charge on any atom is 0.164 e. The third-order valence-corrected chi connectivity index (χ3v) is 13.3. The van der Waals surface area contributed by atoms with Gasteiger partial charge in [0, 0.05) is 73.5 Å². The van der Waals surface area contributed by atoms with Crippen LogP contribution in [-0.2, 0) is 0 Å². The topological polar surface area (TPSA) is 43.6 Å². The highest BCUT2D eigenvalue weighted by Crippen LogP contribution is 2.42. The van der Waals surface area contributed by atoms with E-state index in [0.29, 0.717) is 17.5 Å². The van der Waals surface area contributed by atoms with Gasteiger partial charge in [-0.15, -0.1) is 22.7 Å². The Morgan fingerprint density at radius 3 is 1.72 bits per heavy atom. The first-order chi connectivity index (χ1) is 28.2. The Hall–Kier alpha value is -6.99. The van der Waals surface area contributed by atoms with Crippen LogP contribution < -0.4 is 0 Å². The van der Waals surface area contributed by atoms with Gasteiger partial charge in [0.15, 0.2) is 17.5 Å². The maximum absolute atomic E-state index is 5.24. The molecule has 0 radical (unpaired) electrons. The molecule has 12 rings (SSSR count). The lowest BCUT2D eigenvalue weighted by molar-refractivity contribution is 1.08. The van der Waals surface area contributed by atoms with Gasteiger partial charge in [0.2, 0.25) is 0 Å². The molecule has 0 aliphatic heterocycles. The van der Waals surface area contributed by atoms with E-state index in [2.05, 4.69) is 168 Å². The number of fused-ring (bicyclic) bond motifs is 9. The van der Waals surface area contributed by atoms with Gasteiger partial charge >= 0.3 is 0 Å². The van der Waals surface area contributed by atoms with Crippen LogP contribution in [0.1, 0.15) is 0 Å². The van der Waals surface area contributed by atoms with Gasteiger partial charge in [-0.25, -0.2) is 15.0 Å². The summed E-state index contributed by atoms with van der Waals surface area (Å²) >= 11 is 3.63. The van der Waals surface area contributed by atoms with Crippen LogP contribution in [0.2, 0.25) is 0 Å². The first-order valence-electron chi connectivity index (χ1n) is 19.0. The molecular weight excluding hydrogens is 733 g/mol. The number of benzene rings is 8. The van der Waals surface area contributed by atoms with Crippen molar-refractivity contribution in [2.24, 2.45) is 0 Å². The lowest BCUT2D eigenvalue weighted by Gasteiger charge is -2.10. The van der Waals surface area contributed by atoms with Crippen molar-refractivity contribution in [2.75, 3.05) is 0 Å². The van der Waals surface area contributed by atoms with E-state index in [1.165, 1.54) is 73.3 Å². The predicted molar refractivity (Wildman–Crippen MR) is 242 cm³/mol. The number of rotatable bonds is 5. The number of para-hydroxylation sites is 2. The summed E-state index contributed by atoms with van der Waals surface area (Å²) < 4.78 is 7.34. The zero-order valence-electron chi connectivity index (χ0n) is 30.4. The van der Waals surface area contributed by atoms with Crippen LogP contribution in [0.4, 0.5) is 0 Å². The minimum absolute atomic E-state index is 0.659. The largest absolute Gasteiger partial charge is 0.309 e. The minimum Gasteiger partial charge on any atom is -0.309 e. The standard InChI is InChI=1S/C51H30N4S2/c1-3-12-31(13-4-1)49-52-50(54-51(53-49)39-18-11-21-47-48(39)38-17-8-10-20-44(38)57-47)34-24-27-46-41(29-34)40-28-32(23-26-45(40)56-46)33-22-25-37-36-16-7-9-19-42(36)55(43(37)30-33)35-14-5-2-6-15-35/h1-30H. The number of nitrogens with zero attached hydrogens (tertiary/aromatic N) is 4. The second kappa shape index (κ2) is 12.8. The van der Waals surface area contributed by atoms with Gasteiger partial charge in [-0.3, -0.25) is 0 Å². The van der Waals surface area contributed by atoms with Crippen molar-refractivity contribution in [1.29, 1.82) is 0 Å². The van der Waals surface area contributed by atoms with E-state index in [0.717, 1.165) is 22.4 Å². The molecule has 0 atom stereocenters.